The van der Waals surface area contributed by atoms with Gasteiger partial charge in [-0.25, -0.2) is 4.39 Å². The number of halogens is 1. The highest BCUT2D eigenvalue weighted by Gasteiger charge is 2.45. The van der Waals surface area contributed by atoms with Gasteiger partial charge in [-0.2, -0.15) is 0 Å². The van der Waals surface area contributed by atoms with Crippen LogP contribution in [0.1, 0.15) is 30.9 Å². The van der Waals surface area contributed by atoms with Crippen LogP contribution in [-0.4, -0.2) is 19.3 Å². The molecule has 1 aromatic rings. The fourth-order valence-corrected chi connectivity index (χ4v) is 3.36. The molecular formula is C14H19FN2O2. The van der Waals surface area contributed by atoms with Crippen LogP contribution in [-0.2, 0) is 4.74 Å². The lowest BCUT2D eigenvalue weighted by Crippen LogP contribution is -2.38. The van der Waals surface area contributed by atoms with E-state index in [1.54, 1.807) is 12.1 Å². The Kier molecular flexibility index (Phi) is 3.43. The number of fused-ring (bicyclic) bond motifs is 2. The summed E-state index contributed by atoms with van der Waals surface area (Å²) in [5, 5.41) is 0. The number of nitrogens with two attached hydrogens (primary N) is 1. The second-order valence-corrected chi connectivity index (χ2v) is 5.31. The van der Waals surface area contributed by atoms with E-state index in [0.29, 0.717) is 17.4 Å². The molecule has 104 valence electrons. The van der Waals surface area contributed by atoms with E-state index < -0.39 is 0 Å². The first-order valence-electron chi connectivity index (χ1n) is 6.68. The molecule has 3 rings (SSSR count). The molecule has 19 heavy (non-hydrogen) atoms. The van der Waals surface area contributed by atoms with E-state index in [2.05, 4.69) is 5.43 Å². The van der Waals surface area contributed by atoms with Crippen molar-refractivity contribution in [2.45, 2.75) is 37.5 Å². The maximum absolute atomic E-state index is 14.2. The number of methoxy groups -OCH3 is 1. The van der Waals surface area contributed by atoms with Crippen LogP contribution in [0.2, 0.25) is 0 Å². The molecule has 2 heterocycles. The highest BCUT2D eigenvalue weighted by Crippen LogP contribution is 2.45. The van der Waals surface area contributed by atoms with Crippen LogP contribution >= 0.6 is 0 Å². The van der Waals surface area contributed by atoms with E-state index in [0.717, 1.165) is 19.3 Å². The van der Waals surface area contributed by atoms with Crippen LogP contribution in [0, 0.1) is 11.7 Å². The summed E-state index contributed by atoms with van der Waals surface area (Å²) in [7, 11) is 1.52. The van der Waals surface area contributed by atoms with E-state index in [4.69, 9.17) is 15.3 Å². The molecule has 4 unspecified atom stereocenters. The van der Waals surface area contributed by atoms with E-state index in [1.165, 1.54) is 13.2 Å². The molecule has 0 spiro atoms. The Balaban J connectivity index is 1.86. The maximum Gasteiger partial charge on any atom is 0.131 e. The summed E-state index contributed by atoms with van der Waals surface area (Å²) in [6, 6.07) is 4.69. The van der Waals surface area contributed by atoms with Gasteiger partial charge in [0, 0.05) is 17.5 Å². The second kappa shape index (κ2) is 5.07. The average Bonchev–Trinajstić information content (AvgIpc) is 3.04. The first-order chi connectivity index (χ1) is 9.22. The summed E-state index contributed by atoms with van der Waals surface area (Å²) < 4.78 is 25.0. The van der Waals surface area contributed by atoms with Crippen LogP contribution in [0.4, 0.5) is 4.39 Å². The molecule has 2 bridgehead atoms. The number of ether oxygens (including phenoxy) is 2. The SMILES string of the molecule is COc1ccc(C(NN)C2CC3CCC2O3)c(F)c1. The van der Waals surface area contributed by atoms with Crippen molar-refractivity contribution < 1.29 is 13.9 Å². The van der Waals surface area contributed by atoms with Crippen molar-refractivity contribution in [3.05, 3.63) is 29.6 Å². The lowest BCUT2D eigenvalue weighted by molar-refractivity contribution is 0.0854. The van der Waals surface area contributed by atoms with Crippen LogP contribution < -0.4 is 16.0 Å². The third-order valence-corrected chi connectivity index (χ3v) is 4.30. The molecular weight excluding hydrogens is 247 g/mol. The third-order valence-electron chi connectivity index (χ3n) is 4.30. The first-order valence-corrected chi connectivity index (χ1v) is 6.68. The van der Waals surface area contributed by atoms with Gasteiger partial charge in [-0.15, -0.1) is 0 Å². The summed E-state index contributed by atoms with van der Waals surface area (Å²) in [5.41, 5.74) is 3.35. The van der Waals surface area contributed by atoms with E-state index in [1.807, 2.05) is 0 Å². The predicted molar refractivity (Wildman–Crippen MR) is 69.0 cm³/mol. The Bertz CT molecular complexity index is 469. The standard InChI is InChI=1S/C14H19FN2O2/c1-18-8-2-4-10(12(15)7-8)14(17-16)11-6-9-3-5-13(11)19-9/h2,4,7,9,11,13-14,17H,3,5-6,16H2,1H3. The van der Waals surface area contributed by atoms with Gasteiger partial charge in [-0.05, 0) is 25.3 Å². The van der Waals surface area contributed by atoms with Crippen LogP contribution in [0.25, 0.3) is 0 Å². The Morgan fingerprint density at radius 1 is 1.47 bits per heavy atom. The molecule has 5 heteroatoms. The van der Waals surface area contributed by atoms with Crippen LogP contribution in [0.15, 0.2) is 18.2 Å². The number of rotatable bonds is 4. The molecule has 2 saturated heterocycles. The number of hydrogen-bond donors (Lipinski definition) is 2. The van der Waals surface area contributed by atoms with Gasteiger partial charge in [0.15, 0.2) is 0 Å². The fourth-order valence-electron chi connectivity index (χ4n) is 3.36. The maximum atomic E-state index is 14.2. The Labute approximate surface area is 112 Å². The minimum Gasteiger partial charge on any atom is -0.497 e. The molecule has 2 aliphatic heterocycles. The normalized spacial score (nSPS) is 30.6. The van der Waals surface area contributed by atoms with E-state index in [9.17, 15) is 4.39 Å². The summed E-state index contributed by atoms with van der Waals surface area (Å²) in [4.78, 5) is 0. The van der Waals surface area contributed by atoms with Crippen molar-refractivity contribution in [1.82, 2.24) is 5.43 Å². The Hall–Kier alpha value is -1.17. The summed E-state index contributed by atoms with van der Waals surface area (Å²) in [5.74, 6) is 6.12. The van der Waals surface area contributed by atoms with Crippen molar-refractivity contribution in [3.63, 3.8) is 0 Å². The summed E-state index contributed by atoms with van der Waals surface area (Å²) >= 11 is 0. The van der Waals surface area contributed by atoms with E-state index >= 15 is 0 Å². The van der Waals surface area contributed by atoms with E-state index in [-0.39, 0.29) is 23.9 Å². The second-order valence-electron chi connectivity index (χ2n) is 5.31. The van der Waals surface area contributed by atoms with Gasteiger partial charge < -0.3 is 9.47 Å². The van der Waals surface area contributed by atoms with Crippen molar-refractivity contribution in [2.75, 3.05) is 7.11 Å². The summed E-state index contributed by atoms with van der Waals surface area (Å²) in [6.45, 7) is 0. The fraction of sp³-hybridized carbons (Fsp3) is 0.571. The molecule has 2 aliphatic rings. The lowest BCUT2D eigenvalue weighted by Gasteiger charge is -2.28. The van der Waals surface area contributed by atoms with Gasteiger partial charge >= 0.3 is 0 Å². The number of hydrogen-bond acceptors (Lipinski definition) is 4. The quantitative estimate of drug-likeness (QED) is 0.645. The largest absolute Gasteiger partial charge is 0.497 e. The predicted octanol–water partition coefficient (Wildman–Crippen LogP) is 1.91. The van der Waals surface area contributed by atoms with Gasteiger partial charge in [0.2, 0.25) is 0 Å². The molecule has 0 radical (unpaired) electrons. The zero-order valence-electron chi connectivity index (χ0n) is 10.9. The van der Waals surface area contributed by atoms with Crippen molar-refractivity contribution in [2.24, 2.45) is 11.8 Å². The highest BCUT2D eigenvalue weighted by atomic mass is 19.1. The minimum absolute atomic E-state index is 0.201. The van der Waals surface area contributed by atoms with Crippen LogP contribution in [0.3, 0.4) is 0 Å². The van der Waals surface area contributed by atoms with Crippen molar-refractivity contribution >= 4 is 0 Å². The molecule has 4 nitrogen and oxygen atoms in total. The molecule has 0 amide bonds. The number of hydrazine groups is 1. The van der Waals surface area contributed by atoms with Gasteiger partial charge in [0.1, 0.15) is 11.6 Å². The monoisotopic (exact) mass is 266 g/mol. The lowest BCUT2D eigenvalue weighted by atomic mass is 9.81. The minimum atomic E-state index is -0.287. The molecule has 0 saturated carbocycles. The molecule has 1 aromatic carbocycles. The average molecular weight is 266 g/mol. The zero-order chi connectivity index (χ0) is 13.4. The third kappa shape index (κ3) is 2.22. The summed E-state index contributed by atoms with van der Waals surface area (Å²) in [6.07, 6.45) is 3.64. The van der Waals surface area contributed by atoms with Crippen molar-refractivity contribution in [3.8, 4) is 5.75 Å². The Morgan fingerprint density at radius 3 is 2.84 bits per heavy atom. The number of nitrogens with one attached hydrogen (secondary N) is 1. The van der Waals surface area contributed by atoms with Gasteiger partial charge in [0.25, 0.3) is 0 Å². The molecule has 3 N–H and O–H groups in total. The van der Waals surface area contributed by atoms with Gasteiger partial charge in [-0.3, -0.25) is 11.3 Å². The zero-order valence-corrected chi connectivity index (χ0v) is 10.9. The molecule has 2 fully saturated rings. The first kappa shape index (κ1) is 12.8. The van der Waals surface area contributed by atoms with Gasteiger partial charge in [0.05, 0.1) is 25.4 Å². The van der Waals surface area contributed by atoms with Crippen LogP contribution in [0.5, 0.6) is 5.75 Å². The Morgan fingerprint density at radius 2 is 2.32 bits per heavy atom. The number of benzene rings is 1. The topological polar surface area (TPSA) is 56.5 Å². The molecule has 4 atom stereocenters. The smallest absolute Gasteiger partial charge is 0.131 e. The van der Waals surface area contributed by atoms with Crippen molar-refractivity contribution in [1.29, 1.82) is 0 Å². The van der Waals surface area contributed by atoms with Gasteiger partial charge in [-0.1, -0.05) is 6.07 Å². The molecule has 0 aromatic heterocycles. The molecule has 0 aliphatic carbocycles. The highest BCUT2D eigenvalue weighted by molar-refractivity contribution is 5.31.